The highest BCUT2D eigenvalue weighted by Crippen LogP contribution is 2.23. The fourth-order valence-electron chi connectivity index (χ4n) is 1.82. The maximum absolute atomic E-state index is 13.6. The van der Waals surface area contributed by atoms with Crippen LogP contribution in [0.4, 0.5) is 24.5 Å². The van der Waals surface area contributed by atoms with E-state index in [4.69, 9.17) is 0 Å². The maximum Gasteiger partial charge on any atom is 0.253 e. The molecule has 7 heteroatoms. The number of aromatic nitrogens is 1. The van der Waals surface area contributed by atoms with Gasteiger partial charge in [-0.3, -0.25) is 9.78 Å². The fraction of sp³-hybridized carbons (Fsp3) is 0.250. The smallest absolute Gasteiger partial charge is 0.253 e. The first kappa shape index (κ1) is 16.8. The van der Waals surface area contributed by atoms with Crippen LogP contribution in [0.5, 0.6) is 0 Å². The van der Waals surface area contributed by atoms with Crippen LogP contribution >= 0.6 is 0 Å². The molecule has 0 aliphatic rings. The quantitative estimate of drug-likeness (QED) is 0.824. The molecule has 0 saturated heterocycles. The van der Waals surface area contributed by atoms with E-state index in [0.717, 1.165) is 18.6 Å². The highest BCUT2D eigenvalue weighted by molar-refractivity contribution is 5.95. The lowest BCUT2D eigenvalue weighted by atomic mass is 10.2. The summed E-state index contributed by atoms with van der Waals surface area (Å²) in [6.07, 6.45) is 3.49. The lowest BCUT2D eigenvalue weighted by Crippen LogP contribution is -2.31. The van der Waals surface area contributed by atoms with Crippen LogP contribution in [-0.4, -0.2) is 16.9 Å². The number of nitrogens with zero attached hydrogens (tertiary/aromatic N) is 1. The minimum Gasteiger partial charge on any atom is -0.352 e. The van der Waals surface area contributed by atoms with Crippen LogP contribution in [0.1, 0.15) is 30.6 Å². The van der Waals surface area contributed by atoms with Crippen LogP contribution in [0.15, 0.2) is 30.6 Å². The van der Waals surface area contributed by atoms with E-state index >= 15 is 0 Å². The van der Waals surface area contributed by atoms with Crippen molar-refractivity contribution in [3.63, 3.8) is 0 Å². The van der Waals surface area contributed by atoms with Crippen LogP contribution in [-0.2, 0) is 0 Å². The maximum atomic E-state index is 13.6. The molecule has 1 aromatic carbocycles. The number of carbonyl (C=O) groups excluding carboxylic acids is 1. The Balaban J connectivity index is 2.21. The van der Waals surface area contributed by atoms with Crippen LogP contribution in [0.25, 0.3) is 0 Å². The molecule has 0 saturated carbocycles. The van der Waals surface area contributed by atoms with Gasteiger partial charge in [0.25, 0.3) is 5.91 Å². The number of hydrogen-bond donors (Lipinski definition) is 2. The summed E-state index contributed by atoms with van der Waals surface area (Å²) in [6.45, 7) is 3.80. The molecule has 1 atom stereocenters. The Morgan fingerprint density at radius 2 is 1.96 bits per heavy atom. The van der Waals surface area contributed by atoms with E-state index in [9.17, 15) is 18.0 Å². The third kappa shape index (κ3) is 4.00. The van der Waals surface area contributed by atoms with Gasteiger partial charge < -0.3 is 10.6 Å². The first-order valence-corrected chi connectivity index (χ1v) is 7.08. The number of pyridine rings is 1. The molecule has 0 radical (unpaired) electrons. The molecule has 23 heavy (non-hydrogen) atoms. The van der Waals surface area contributed by atoms with Crippen molar-refractivity contribution in [2.75, 3.05) is 5.32 Å². The van der Waals surface area contributed by atoms with Gasteiger partial charge >= 0.3 is 0 Å². The number of halogens is 3. The predicted octanol–water partition coefficient (Wildman–Crippen LogP) is 3.77. The van der Waals surface area contributed by atoms with E-state index in [1.165, 1.54) is 18.5 Å². The van der Waals surface area contributed by atoms with E-state index in [-0.39, 0.29) is 28.9 Å². The number of hydrogen-bond acceptors (Lipinski definition) is 3. The van der Waals surface area contributed by atoms with Crippen molar-refractivity contribution < 1.29 is 18.0 Å². The van der Waals surface area contributed by atoms with E-state index in [1.807, 2.05) is 13.8 Å². The van der Waals surface area contributed by atoms with Gasteiger partial charge in [-0.05, 0) is 31.5 Å². The molecule has 4 nitrogen and oxygen atoms in total. The summed E-state index contributed by atoms with van der Waals surface area (Å²) in [4.78, 5) is 15.9. The van der Waals surface area contributed by atoms with Gasteiger partial charge in [-0.2, -0.15) is 0 Å². The molecular formula is C16H16F3N3O. The fourth-order valence-corrected chi connectivity index (χ4v) is 1.82. The molecule has 0 aliphatic heterocycles. The van der Waals surface area contributed by atoms with E-state index < -0.39 is 17.5 Å². The van der Waals surface area contributed by atoms with Crippen molar-refractivity contribution in [3.8, 4) is 0 Å². The molecule has 2 rings (SSSR count). The highest BCUT2D eigenvalue weighted by Gasteiger charge is 2.14. The van der Waals surface area contributed by atoms with E-state index in [2.05, 4.69) is 15.6 Å². The van der Waals surface area contributed by atoms with E-state index in [1.54, 1.807) is 0 Å². The van der Waals surface area contributed by atoms with Gasteiger partial charge in [0.1, 0.15) is 0 Å². The lowest BCUT2D eigenvalue weighted by Gasteiger charge is -2.12. The highest BCUT2D eigenvalue weighted by atomic mass is 19.2. The Hall–Kier alpha value is -2.57. The number of rotatable bonds is 5. The van der Waals surface area contributed by atoms with Crippen molar-refractivity contribution in [2.45, 2.75) is 26.3 Å². The zero-order valence-corrected chi connectivity index (χ0v) is 12.7. The summed E-state index contributed by atoms with van der Waals surface area (Å²) in [6, 6.07) is 3.33. The molecule has 2 aromatic rings. The first-order valence-electron chi connectivity index (χ1n) is 7.08. The Kier molecular flexibility index (Phi) is 5.20. The average Bonchev–Trinajstić information content (AvgIpc) is 2.55. The summed E-state index contributed by atoms with van der Waals surface area (Å²) in [5.74, 6) is -4.48. The van der Waals surface area contributed by atoms with Crippen LogP contribution in [0.2, 0.25) is 0 Å². The summed E-state index contributed by atoms with van der Waals surface area (Å²) in [5, 5.41) is 5.35. The van der Waals surface area contributed by atoms with Crippen molar-refractivity contribution in [1.82, 2.24) is 10.3 Å². The molecule has 1 unspecified atom stereocenters. The van der Waals surface area contributed by atoms with Gasteiger partial charge in [-0.15, -0.1) is 0 Å². The second kappa shape index (κ2) is 7.13. The SMILES string of the molecule is CCC(C)NC(=O)c1cncc(Nc2ccc(F)c(F)c2F)c1. The Bertz CT molecular complexity index is 722. The first-order chi connectivity index (χ1) is 10.9. The zero-order chi connectivity index (χ0) is 17.0. The Morgan fingerprint density at radius 1 is 1.22 bits per heavy atom. The predicted molar refractivity (Wildman–Crippen MR) is 81.1 cm³/mol. The van der Waals surface area contributed by atoms with Gasteiger partial charge in [-0.25, -0.2) is 13.2 Å². The number of carbonyl (C=O) groups is 1. The number of benzene rings is 1. The molecule has 0 spiro atoms. The number of anilines is 2. The zero-order valence-electron chi connectivity index (χ0n) is 12.7. The van der Waals surface area contributed by atoms with Gasteiger partial charge in [0.2, 0.25) is 0 Å². The largest absolute Gasteiger partial charge is 0.352 e. The Morgan fingerprint density at radius 3 is 2.65 bits per heavy atom. The van der Waals surface area contributed by atoms with Crippen LogP contribution in [0.3, 0.4) is 0 Å². The third-order valence-electron chi connectivity index (χ3n) is 3.30. The number of nitrogens with one attached hydrogen (secondary N) is 2. The van der Waals surface area contributed by atoms with Crippen LogP contribution < -0.4 is 10.6 Å². The average molecular weight is 323 g/mol. The molecule has 1 heterocycles. The second-order valence-corrected chi connectivity index (χ2v) is 5.09. The minimum atomic E-state index is -1.56. The van der Waals surface area contributed by atoms with Crippen LogP contribution in [0, 0.1) is 17.5 Å². The summed E-state index contributed by atoms with van der Waals surface area (Å²) in [5.41, 5.74) is 0.315. The molecule has 0 aliphatic carbocycles. The van der Waals surface area contributed by atoms with Crippen molar-refractivity contribution in [1.29, 1.82) is 0 Å². The van der Waals surface area contributed by atoms with Crippen molar-refractivity contribution >= 4 is 17.3 Å². The third-order valence-corrected chi connectivity index (χ3v) is 3.30. The normalized spacial score (nSPS) is 11.9. The molecule has 2 N–H and O–H groups in total. The lowest BCUT2D eigenvalue weighted by molar-refractivity contribution is 0.0939. The summed E-state index contributed by atoms with van der Waals surface area (Å²) in [7, 11) is 0. The van der Waals surface area contributed by atoms with E-state index in [0.29, 0.717) is 0 Å². The van der Waals surface area contributed by atoms with Gasteiger partial charge in [-0.1, -0.05) is 6.92 Å². The molecular weight excluding hydrogens is 307 g/mol. The molecule has 0 fully saturated rings. The molecule has 1 aromatic heterocycles. The van der Waals surface area contributed by atoms with Gasteiger partial charge in [0.05, 0.1) is 23.1 Å². The molecule has 0 bridgehead atoms. The summed E-state index contributed by atoms with van der Waals surface area (Å²) >= 11 is 0. The summed E-state index contributed by atoms with van der Waals surface area (Å²) < 4.78 is 39.8. The van der Waals surface area contributed by atoms with Crippen molar-refractivity contribution in [2.24, 2.45) is 0 Å². The molecule has 122 valence electrons. The van der Waals surface area contributed by atoms with Gasteiger partial charge in [0.15, 0.2) is 17.5 Å². The second-order valence-electron chi connectivity index (χ2n) is 5.09. The molecule has 1 amide bonds. The monoisotopic (exact) mass is 323 g/mol. The Labute approximate surface area is 131 Å². The van der Waals surface area contributed by atoms with Gasteiger partial charge in [0, 0.05) is 12.2 Å². The standard InChI is InChI=1S/C16H16F3N3O/c1-3-9(2)21-16(23)10-6-11(8-20-7-10)22-13-5-4-12(17)14(18)15(13)19/h4-9,22H,3H2,1-2H3,(H,21,23). The minimum absolute atomic E-state index is 0.00255. The number of amides is 1. The van der Waals surface area contributed by atoms with Crippen molar-refractivity contribution in [3.05, 3.63) is 53.6 Å². The topological polar surface area (TPSA) is 54.0 Å².